The van der Waals surface area contributed by atoms with E-state index in [1.807, 2.05) is 23.2 Å². The van der Waals surface area contributed by atoms with Gasteiger partial charge in [0.05, 0.1) is 6.10 Å². The average molecular weight is 214 g/mol. The Kier molecular flexibility index (Phi) is 3.30. The lowest BCUT2D eigenvalue weighted by molar-refractivity contribution is 0.103. The number of aliphatic hydroxyl groups excluding tert-OH is 1. The van der Waals surface area contributed by atoms with Gasteiger partial charge in [-0.3, -0.25) is 0 Å². The highest BCUT2D eigenvalue weighted by Gasteiger charge is 2.23. The molecule has 0 bridgehead atoms. The monoisotopic (exact) mass is 214 g/mol. The molecule has 2 heterocycles. The Hall–Kier alpha value is 0.01000. The molecule has 3 heteroatoms. The molecular formula is C10H14OS2. The largest absolute Gasteiger partial charge is 0.388 e. The first-order valence-corrected chi connectivity index (χ1v) is 6.75. The standard InChI is InChI=1S/C10H14OS2/c11-10(9-3-6-13-7-9)8-1-4-12-5-2-8/h3,6-8,10-11H,1-2,4-5H2/t10-/m0/s1. The lowest BCUT2D eigenvalue weighted by atomic mass is 9.92. The quantitative estimate of drug-likeness (QED) is 0.817. The summed E-state index contributed by atoms with van der Waals surface area (Å²) in [5.41, 5.74) is 1.11. The number of hydrogen-bond acceptors (Lipinski definition) is 3. The van der Waals surface area contributed by atoms with Gasteiger partial charge in [-0.2, -0.15) is 23.1 Å². The van der Waals surface area contributed by atoms with Gasteiger partial charge in [-0.05, 0) is 52.7 Å². The van der Waals surface area contributed by atoms with Gasteiger partial charge >= 0.3 is 0 Å². The number of thiophene rings is 1. The summed E-state index contributed by atoms with van der Waals surface area (Å²) in [6, 6.07) is 2.04. The molecule has 0 saturated carbocycles. The molecular weight excluding hydrogens is 200 g/mol. The third-order valence-corrected chi connectivity index (χ3v) is 4.35. The molecule has 1 atom stereocenters. The molecule has 1 aliphatic heterocycles. The van der Waals surface area contributed by atoms with Crippen molar-refractivity contribution in [2.75, 3.05) is 11.5 Å². The minimum Gasteiger partial charge on any atom is -0.388 e. The summed E-state index contributed by atoms with van der Waals surface area (Å²) >= 11 is 3.67. The highest BCUT2D eigenvalue weighted by molar-refractivity contribution is 7.99. The summed E-state index contributed by atoms with van der Waals surface area (Å²) < 4.78 is 0. The molecule has 1 N–H and O–H groups in total. The molecule has 13 heavy (non-hydrogen) atoms. The van der Waals surface area contributed by atoms with Crippen molar-refractivity contribution in [2.45, 2.75) is 18.9 Å². The highest BCUT2D eigenvalue weighted by Crippen LogP contribution is 2.33. The third kappa shape index (κ3) is 2.27. The van der Waals surface area contributed by atoms with E-state index >= 15 is 0 Å². The summed E-state index contributed by atoms with van der Waals surface area (Å²) in [7, 11) is 0. The fourth-order valence-corrected chi connectivity index (χ4v) is 3.58. The van der Waals surface area contributed by atoms with Gasteiger partial charge < -0.3 is 5.11 Å². The topological polar surface area (TPSA) is 20.2 Å². The molecule has 0 aliphatic carbocycles. The van der Waals surface area contributed by atoms with E-state index in [4.69, 9.17) is 0 Å². The minimum absolute atomic E-state index is 0.216. The zero-order valence-electron chi connectivity index (χ0n) is 7.48. The summed E-state index contributed by atoms with van der Waals surface area (Å²) in [5.74, 6) is 2.92. The van der Waals surface area contributed by atoms with Crippen LogP contribution in [0.25, 0.3) is 0 Å². The van der Waals surface area contributed by atoms with E-state index in [2.05, 4.69) is 5.38 Å². The van der Waals surface area contributed by atoms with Crippen LogP contribution in [0.15, 0.2) is 16.8 Å². The van der Waals surface area contributed by atoms with Crippen molar-refractivity contribution in [3.63, 3.8) is 0 Å². The lowest BCUT2D eigenvalue weighted by Crippen LogP contribution is -2.17. The molecule has 0 amide bonds. The number of hydrogen-bond donors (Lipinski definition) is 1. The van der Waals surface area contributed by atoms with Gasteiger partial charge in [0.25, 0.3) is 0 Å². The lowest BCUT2D eigenvalue weighted by Gasteiger charge is -2.25. The first kappa shape index (κ1) is 9.56. The van der Waals surface area contributed by atoms with Crippen LogP contribution in [-0.4, -0.2) is 16.6 Å². The van der Waals surface area contributed by atoms with Gasteiger partial charge in [-0.15, -0.1) is 0 Å². The van der Waals surface area contributed by atoms with E-state index in [1.165, 1.54) is 24.3 Å². The maximum Gasteiger partial charge on any atom is 0.0826 e. The van der Waals surface area contributed by atoms with Gasteiger partial charge in [0.1, 0.15) is 0 Å². The van der Waals surface area contributed by atoms with Crippen LogP contribution in [0, 0.1) is 5.92 Å². The SMILES string of the molecule is O[C@H](c1ccsc1)C1CCSCC1. The average Bonchev–Trinajstić information content (AvgIpc) is 2.71. The first-order chi connectivity index (χ1) is 6.38. The maximum absolute atomic E-state index is 10.0. The van der Waals surface area contributed by atoms with Crippen molar-refractivity contribution < 1.29 is 5.11 Å². The molecule has 2 rings (SSSR count). The van der Waals surface area contributed by atoms with E-state index in [1.54, 1.807) is 11.3 Å². The second-order valence-corrected chi connectivity index (χ2v) is 5.46. The molecule has 0 aromatic carbocycles. The van der Waals surface area contributed by atoms with Gasteiger partial charge in [-0.25, -0.2) is 0 Å². The second-order valence-electron chi connectivity index (χ2n) is 3.45. The zero-order valence-corrected chi connectivity index (χ0v) is 9.11. The fraction of sp³-hybridized carbons (Fsp3) is 0.600. The van der Waals surface area contributed by atoms with Crippen molar-refractivity contribution in [1.29, 1.82) is 0 Å². The minimum atomic E-state index is -0.216. The molecule has 0 unspecified atom stereocenters. The zero-order chi connectivity index (χ0) is 9.10. The number of aliphatic hydroxyl groups is 1. The van der Waals surface area contributed by atoms with Crippen molar-refractivity contribution in [3.05, 3.63) is 22.4 Å². The van der Waals surface area contributed by atoms with Crippen LogP contribution < -0.4 is 0 Å². The Morgan fingerprint density at radius 3 is 2.77 bits per heavy atom. The molecule has 0 spiro atoms. The van der Waals surface area contributed by atoms with Crippen LogP contribution in [-0.2, 0) is 0 Å². The molecule has 1 aliphatic rings. The Morgan fingerprint density at radius 1 is 1.38 bits per heavy atom. The molecule has 1 aromatic rings. The van der Waals surface area contributed by atoms with Crippen LogP contribution in [0.5, 0.6) is 0 Å². The van der Waals surface area contributed by atoms with Gasteiger partial charge in [0.15, 0.2) is 0 Å². The highest BCUT2D eigenvalue weighted by atomic mass is 32.2. The van der Waals surface area contributed by atoms with E-state index in [-0.39, 0.29) is 6.10 Å². The summed E-state index contributed by atoms with van der Waals surface area (Å²) in [6.07, 6.45) is 2.12. The van der Waals surface area contributed by atoms with Gasteiger partial charge in [-0.1, -0.05) is 0 Å². The predicted octanol–water partition coefficient (Wildman–Crippen LogP) is 2.92. The van der Waals surface area contributed by atoms with Crippen LogP contribution in [0.2, 0.25) is 0 Å². The molecule has 1 aromatic heterocycles. The number of rotatable bonds is 2. The van der Waals surface area contributed by atoms with E-state index in [0.717, 1.165) is 5.56 Å². The van der Waals surface area contributed by atoms with E-state index < -0.39 is 0 Å². The maximum atomic E-state index is 10.0. The van der Waals surface area contributed by atoms with Crippen LogP contribution in [0.1, 0.15) is 24.5 Å². The summed E-state index contributed by atoms with van der Waals surface area (Å²) in [5, 5.41) is 14.1. The smallest absolute Gasteiger partial charge is 0.0826 e. The van der Waals surface area contributed by atoms with Gasteiger partial charge in [0.2, 0.25) is 0 Å². The first-order valence-electron chi connectivity index (χ1n) is 4.66. The molecule has 1 saturated heterocycles. The molecule has 1 fully saturated rings. The van der Waals surface area contributed by atoms with Crippen LogP contribution in [0.3, 0.4) is 0 Å². The Balaban J connectivity index is 1.99. The van der Waals surface area contributed by atoms with E-state index in [0.29, 0.717) is 5.92 Å². The van der Waals surface area contributed by atoms with Crippen molar-refractivity contribution in [3.8, 4) is 0 Å². The van der Waals surface area contributed by atoms with Crippen molar-refractivity contribution >= 4 is 23.1 Å². The molecule has 0 radical (unpaired) electrons. The molecule has 72 valence electrons. The van der Waals surface area contributed by atoms with Crippen LogP contribution >= 0.6 is 23.1 Å². The fourth-order valence-electron chi connectivity index (χ4n) is 1.75. The third-order valence-electron chi connectivity index (χ3n) is 2.60. The van der Waals surface area contributed by atoms with E-state index in [9.17, 15) is 5.11 Å². The Bertz CT molecular complexity index is 239. The van der Waals surface area contributed by atoms with Crippen molar-refractivity contribution in [2.24, 2.45) is 5.92 Å². The molecule has 1 nitrogen and oxygen atoms in total. The Morgan fingerprint density at radius 2 is 2.15 bits per heavy atom. The number of thioether (sulfide) groups is 1. The normalized spacial score (nSPS) is 21.6. The van der Waals surface area contributed by atoms with Crippen molar-refractivity contribution in [1.82, 2.24) is 0 Å². The van der Waals surface area contributed by atoms with Crippen LogP contribution in [0.4, 0.5) is 0 Å². The summed E-state index contributed by atoms with van der Waals surface area (Å²) in [6.45, 7) is 0. The summed E-state index contributed by atoms with van der Waals surface area (Å²) in [4.78, 5) is 0. The Labute approximate surface area is 87.2 Å². The van der Waals surface area contributed by atoms with Gasteiger partial charge in [0, 0.05) is 0 Å². The predicted molar refractivity (Wildman–Crippen MR) is 59.3 cm³/mol. The second kappa shape index (κ2) is 4.49.